The summed E-state index contributed by atoms with van der Waals surface area (Å²) >= 11 is 0. The van der Waals surface area contributed by atoms with Crippen LogP contribution in [0.3, 0.4) is 0 Å². The standard InChI is InChI=1S/C70H85N17O13/c1-38(2)27-52(62(93)80-51(17-9-25-75-70(72)73)69(100)87-26-10-18-58(87)68(99)77-35-59(71)90)81-66(97)56(32-48-45-13-5-3-11-40(45)29-41-12-4-6-14-46(41)48)85-63(94)53(28-39-19-21-44(89)22-20-39)82-67(98)57(36-88)86-64(95)54(30-42-33-76-49-16-8-7-15-47(42)49)83-65(96)55(31-43-34-74-37-78-43)84-61(92)50-23-24-60(91)79-50/h3-8,11-16,19-22,29,33-34,37-38,50-58,76,88-89H,9-10,17-18,23-28,30-32,35-36H2,1-2H3,(H2,71,90)(H,74,78)(H,77,99)(H,79,91)(H,80,93)(H,81,97)(H,82,98)(H,83,96)(H,84,92)(H,85,94)(H,86,95)(H4,72,73,75)/t50-,51-,52-,53-,54-,55-,56+,57-,58-/m0/s1. The third kappa shape index (κ3) is 19.4. The van der Waals surface area contributed by atoms with Crippen LogP contribution < -0.4 is 64.6 Å². The molecule has 0 bridgehead atoms. The number of nitrogens with zero attached hydrogens (tertiary/aromatic N) is 2. The zero-order valence-electron chi connectivity index (χ0n) is 55.4. The molecule has 0 spiro atoms. The van der Waals surface area contributed by atoms with Gasteiger partial charge in [-0.05, 0) is 107 Å². The largest absolute Gasteiger partial charge is 0.508 e. The Balaban J connectivity index is 1.01. The topological polar surface area (TPSA) is 472 Å². The fourth-order valence-electron chi connectivity index (χ4n) is 12.6. The molecular formula is C70H85N17O13. The Morgan fingerprint density at radius 1 is 0.640 bits per heavy atom. The summed E-state index contributed by atoms with van der Waals surface area (Å²) in [7, 11) is 0. The molecule has 9 rings (SSSR count). The van der Waals surface area contributed by atoms with Crippen molar-refractivity contribution < 1.29 is 63.0 Å². The molecule has 30 nitrogen and oxygen atoms in total. The molecule has 2 saturated heterocycles. The van der Waals surface area contributed by atoms with Gasteiger partial charge in [0.1, 0.15) is 60.1 Å². The van der Waals surface area contributed by atoms with Gasteiger partial charge in [-0.25, -0.2) is 4.98 Å². The van der Waals surface area contributed by atoms with Gasteiger partial charge >= 0.3 is 0 Å². The highest BCUT2D eigenvalue weighted by atomic mass is 16.3. The van der Waals surface area contributed by atoms with Gasteiger partial charge in [0.25, 0.3) is 0 Å². The van der Waals surface area contributed by atoms with Crippen molar-refractivity contribution in [3.63, 3.8) is 0 Å². The highest BCUT2D eigenvalue weighted by Gasteiger charge is 2.40. The molecule has 4 heterocycles. The van der Waals surface area contributed by atoms with Crippen LogP contribution in [0.15, 0.2) is 122 Å². The van der Waals surface area contributed by atoms with E-state index < -0.39 is 127 Å². The number of H-pyrrole nitrogens is 2. The van der Waals surface area contributed by atoms with Gasteiger partial charge in [0, 0.05) is 68.5 Å². The number of fused-ring (bicyclic) bond motifs is 3. The number of aliphatic hydroxyl groups excluding tert-OH is 1. The van der Waals surface area contributed by atoms with Gasteiger partial charge < -0.3 is 89.7 Å². The molecule has 528 valence electrons. The van der Waals surface area contributed by atoms with E-state index in [-0.39, 0.29) is 101 Å². The number of amides is 11. The molecule has 19 N–H and O–H groups in total. The molecule has 0 aliphatic carbocycles. The molecule has 0 unspecified atom stereocenters. The molecule has 2 fully saturated rings. The number of hydrogen-bond donors (Lipinski definition) is 17. The number of aromatic nitrogens is 3. The summed E-state index contributed by atoms with van der Waals surface area (Å²) in [6.45, 7) is 2.38. The molecule has 2 aliphatic rings. The second-order valence-corrected chi connectivity index (χ2v) is 25.5. The monoisotopic (exact) mass is 1370 g/mol. The molecule has 9 atom stereocenters. The van der Waals surface area contributed by atoms with E-state index in [9.17, 15) is 53.4 Å². The molecule has 30 heteroatoms. The van der Waals surface area contributed by atoms with Crippen LogP contribution in [0.2, 0.25) is 0 Å². The van der Waals surface area contributed by atoms with Crippen molar-refractivity contribution >= 4 is 103 Å². The summed E-state index contributed by atoms with van der Waals surface area (Å²) in [4.78, 5) is 167. The summed E-state index contributed by atoms with van der Waals surface area (Å²) in [5, 5.41) is 59.7. The van der Waals surface area contributed by atoms with Crippen molar-refractivity contribution in [3.8, 4) is 5.75 Å². The van der Waals surface area contributed by atoms with Gasteiger partial charge in [0.15, 0.2) is 5.96 Å². The van der Waals surface area contributed by atoms with Crippen LogP contribution in [0.1, 0.15) is 81.2 Å². The van der Waals surface area contributed by atoms with Crippen LogP contribution in [-0.4, -0.2) is 182 Å². The second kappa shape index (κ2) is 34.2. The van der Waals surface area contributed by atoms with E-state index in [0.717, 1.165) is 21.5 Å². The van der Waals surface area contributed by atoms with Crippen molar-refractivity contribution in [1.82, 2.24) is 73.0 Å². The number of carbonyl (C=O) groups excluding carboxylic acids is 11. The number of guanidine groups is 1. The molecular weight excluding hydrogens is 1290 g/mol. The minimum Gasteiger partial charge on any atom is -0.508 e. The first kappa shape index (κ1) is 72.8. The number of likely N-dealkylation sites (tertiary alicyclic amines) is 1. The number of nitrogens with one attached hydrogen (secondary N) is 13. The van der Waals surface area contributed by atoms with Gasteiger partial charge in [-0.2, -0.15) is 0 Å². The normalized spacial score (nSPS) is 16.4. The van der Waals surface area contributed by atoms with E-state index in [1.54, 1.807) is 30.5 Å². The second-order valence-electron chi connectivity index (χ2n) is 25.5. The van der Waals surface area contributed by atoms with Crippen molar-refractivity contribution in [2.45, 2.75) is 139 Å². The summed E-state index contributed by atoms with van der Waals surface area (Å²) in [6.07, 6.45) is 4.84. The van der Waals surface area contributed by atoms with E-state index in [2.05, 4.69) is 68.1 Å². The summed E-state index contributed by atoms with van der Waals surface area (Å²) in [5.74, 6) is -9.23. The number of aromatic amines is 2. The van der Waals surface area contributed by atoms with Crippen molar-refractivity contribution in [3.05, 3.63) is 144 Å². The minimum atomic E-state index is -1.82. The van der Waals surface area contributed by atoms with Gasteiger partial charge in [-0.1, -0.05) is 92.7 Å². The lowest BCUT2D eigenvalue weighted by atomic mass is 9.92. The third-order valence-corrected chi connectivity index (χ3v) is 17.6. The van der Waals surface area contributed by atoms with Crippen LogP contribution in [0.5, 0.6) is 5.75 Å². The minimum absolute atomic E-state index is 0.00768. The summed E-state index contributed by atoms with van der Waals surface area (Å²) in [5.41, 5.74) is 13.5. The van der Waals surface area contributed by atoms with E-state index in [4.69, 9.17) is 16.9 Å². The van der Waals surface area contributed by atoms with E-state index in [0.29, 0.717) is 39.7 Å². The number of hydrogen-bond acceptors (Lipinski definition) is 15. The third-order valence-electron chi connectivity index (χ3n) is 17.6. The van der Waals surface area contributed by atoms with Crippen LogP contribution in [0.4, 0.5) is 0 Å². The van der Waals surface area contributed by atoms with E-state index in [1.165, 1.54) is 41.7 Å². The first-order valence-corrected chi connectivity index (χ1v) is 33.2. The Labute approximate surface area is 574 Å². The number of nitrogens with two attached hydrogens (primary N) is 2. The number of phenols is 1. The average molecular weight is 1370 g/mol. The Morgan fingerprint density at radius 3 is 1.81 bits per heavy atom. The predicted molar refractivity (Wildman–Crippen MR) is 369 cm³/mol. The first-order chi connectivity index (χ1) is 48.0. The lowest BCUT2D eigenvalue weighted by molar-refractivity contribution is -0.142. The maximum Gasteiger partial charge on any atom is 0.245 e. The van der Waals surface area contributed by atoms with Gasteiger partial charge in [0.05, 0.1) is 25.2 Å². The summed E-state index contributed by atoms with van der Waals surface area (Å²) in [6, 6.07) is 17.3. The van der Waals surface area contributed by atoms with E-state index in [1.807, 2.05) is 68.4 Å². The zero-order chi connectivity index (χ0) is 71.6. The van der Waals surface area contributed by atoms with Crippen LogP contribution in [-0.2, 0) is 78.4 Å². The molecule has 11 amide bonds. The molecule has 2 aliphatic heterocycles. The van der Waals surface area contributed by atoms with Crippen molar-refractivity contribution in [2.24, 2.45) is 17.4 Å². The first-order valence-electron chi connectivity index (χ1n) is 33.2. The quantitative estimate of drug-likeness (QED) is 0.0109. The highest BCUT2D eigenvalue weighted by molar-refractivity contribution is 6.04. The maximum atomic E-state index is 15.5. The number of aliphatic hydroxyl groups is 1. The number of phenolic OH excluding ortho intramolecular Hbond substituents is 1. The van der Waals surface area contributed by atoms with Crippen molar-refractivity contribution in [1.29, 1.82) is 5.41 Å². The zero-order valence-corrected chi connectivity index (χ0v) is 55.4. The number of benzene rings is 5. The van der Waals surface area contributed by atoms with Crippen LogP contribution >= 0.6 is 0 Å². The number of rotatable bonds is 33. The Morgan fingerprint density at radius 2 is 1.21 bits per heavy atom. The molecule has 2 aromatic heterocycles. The Kier molecular flexibility index (Phi) is 24.9. The SMILES string of the molecule is CC(C)C[C@H](NC(=O)[C@@H](Cc1c2ccccc2cc2ccccc12)NC(=O)[C@H](Cc1ccc(O)cc1)NC(=O)[C@H](CO)NC(=O)[C@H](Cc1c[nH]c2ccccc12)NC(=O)[C@H](Cc1c[nH]cn1)NC(=O)[C@@H]1CCC(=O)N1)C(=O)N[C@@H](CCCNC(=N)N)C(=O)N1CCC[C@H]1C(=O)NCC(N)=O. The summed E-state index contributed by atoms with van der Waals surface area (Å²) < 4.78 is 0. The van der Waals surface area contributed by atoms with Crippen LogP contribution in [0, 0.1) is 11.3 Å². The fraction of sp³-hybridized carbons (Fsp3) is 0.386. The van der Waals surface area contributed by atoms with Crippen molar-refractivity contribution in [2.75, 3.05) is 26.2 Å². The smallest absolute Gasteiger partial charge is 0.245 e. The van der Waals surface area contributed by atoms with Gasteiger partial charge in [-0.3, -0.25) is 58.1 Å². The maximum absolute atomic E-state index is 15.5. The molecule has 0 saturated carbocycles. The number of carbonyl (C=O) groups is 11. The van der Waals surface area contributed by atoms with Gasteiger partial charge in [-0.15, -0.1) is 0 Å². The average Bonchev–Trinajstić information content (AvgIpc) is 1.75. The lowest BCUT2D eigenvalue weighted by Crippen LogP contribution is -2.61. The fourth-order valence-corrected chi connectivity index (χ4v) is 12.6. The highest BCUT2D eigenvalue weighted by Crippen LogP contribution is 2.30. The van der Waals surface area contributed by atoms with E-state index >= 15 is 9.59 Å². The lowest BCUT2D eigenvalue weighted by Gasteiger charge is -2.31. The molecule has 5 aromatic carbocycles. The number of primary amides is 1. The number of para-hydroxylation sites is 1. The number of aromatic hydroxyl groups is 1. The molecule has 7 aromatic rings. The molecule has 0 radical (unpaired) electrons. The number of imidazole rings is 1. The van der Waals surface area contributed by atoms with Gasteiger partial charge in [0.2, 0.25) is 65.0 Å². The predicted octanol–water partition coefficient (Wildman–Crippen LogP) is -0.260. The Hall–Kier alpha value is -11.4. The van der Waals surface area contributed by atoms with Crippen LogP contribution in [0.25, 0.3) is 32.4 Å². The molecule has 100 heavy (non-hydrogen) atoms. The Bertz CT molecular complexity index is 4090.